The molecule has 0 aliphatic carbocycles. The molecule has 0 fully saturated rings. The van der Waals surface area contributed by atoms with Gasteiger partial charge in [-0.1, -0.05) is 24.3 Å². The molecule has 5 nitrogen and oxygen atoms in total. The monoisotopic (exact) mass is 382 g/mol. The van der Waals surface area contributed by atoms with Crippen molar-refractivity contribution in [3.8, 4) is 5.69 Å². The molecule has 3 aromatic rings. The Morgan fingerprint density at radius 1 is 1.07 bits per heavy atom. The van der Waals surface area contributed by atoms with E-state index >= 15 is 0 Å². The van der Waals surface area contributed by atoms with E-state index in [2.05, 4.69) is 15.8 Å². The van der Waals surface area contributed by atoms with E-state index in [4.69, 9.17) is 0 Å². The van der Waals surface area contributed by atoms with Crippen molar-refractivity contribution >= 4 is 17.8 Å². The Hall–Kier alpha value is -3.48. The van der Waals surface area contributed by atoms with Crippen LogP contribution in [0.4, 0.5) is 14.5 Å². The van der Waals surface area contributed by atoms with Gasteiger partial charge in [0.15, 0.2) is 0 Å². The van der Waals surface area contributed by atoms with E-state index in [0.29, 0.717) is 5.69 Å². The molecule has 0 radical (unpaired) electrons. The molecule has 1 heterocycles. The van der Waals surface area contributed by atoms with Crippen LogP contribution in [-0.2, 0) is 4.79 Å². The molecule has 28 heavy (non-hydrogen) atoms. The fourth-order valence-corrected chi connectivity index (χ4v) is 2.92. The van der Waals surface area contributed by atoms with Crippen molar-refractivity contribution in [3.05, 3.63) is 83.2 Å². The summed E-state index contributed by atoms with van der Waals surface area (Å²) in [4.78, 5) is 11.9. The van der Waals surface area contributed by atoms with Gasteiger partial charge < -0.3 is 9.88 Å². The minimum absolute atomic E-state index is 0.119. The Morgan fingerprint density at radius 2 is 1.75 bits per heavy atom. The lowest BCUT2D eigenvalue weighted by atomic mass is 10.2. The molecule has 144 valence electrons. The van der Waals surface area contributed by atoms with Crippen LogP contribution in [0.5, 0.6) is 0 Å². The molecule has 3 rings (SSSR count). The van der Waals surface area contributed by atoms with Crippen LogP contribution in [0.2, 0.25) is 0 Å². The van der Waals surface area contributed by atoms with E-state index in [0.717, 1.165) is 17.0 Å². The zero-order valence-corrected chi connectivity index (χ0v) is 15.5. The van der Waals surface area contributed by atoms with E-state index in [-0.39, 0.29) is 18.0 Å². The van der Waals surface area contributed by atoms with Crippen LogP contribution in [0.3, 0.4) is 0 Å². The van der Waals surface area contributed by atoms with Gasteiger partial charge in [-0.2, -0.15) is 5.10 Å². The lowest BCUT2D eigenvalue weighted by Crippen LogP contribution is -2.26. The van der Waals surface area contributed by atoms with Gasteiger partial charge >= 0.3 is 0 Å². The van der Waals surface area contributed by atoms with Gasteiger partial charge in [-0.25, -0.2) is 14.2 Å². The summed E-state index contributed by atoms with van der Waals surface area (Å²) in [6, 6.07) is 14.5. The lowest BCUT2D eigenvalue weighted by molar-refractivity contribution is -0.119. The number of nitrogens with one attached hydrogen (secondary N) is 2. The van der Waals surface area contributed by atoms with Crippen molar-refractivity contribution in [2.45, 2.75) is 13.8 Å². The van der Waals surface area contributed by atoms with Crippen LogP contribution in [-0.4, -0.2) is 23.2 Å². The van der Waals surface area contributed by atoms with Crippen LogP contribution in [0, 0.1) is 25.5 Å². The first-order valence-electron chi connectivity index (χ1n) is 8.71. The van der Waals surface area contributed by atoms with E-state index in [1.807, 2.05) is 19.9 Å². The van der Waals surface area contributed by atoms with E-state index in [9.17, 15) is 13.6 Å². The summed E-state index contributed by atoms with van der Waals surface area (Å²) in [6.07, 6.45) is 1.50. The first-order valence-corrected chi connectivity index (χ1v) is 8.71. The fourth-order valence-electron chi connectivity index (χ4n) is 2.92. The van der Waals surface area contributed by atoms with Gasteiger partial charge in [0.1, 0.15) is 11.6 Å². The molecule has 0 saturated heterocycles. The number of anilines is 1. The number of nitrogens with zero attached hydrogens (tertiary/aromatic N) is 2. The van der Waals surface area contributed by atoms with Crippen LogP contribution in [0.15, 0.2) is 59.7 Å². The number of benzene rings is 2. The second kappa shape index (κ2) is 8.47. The number of aryl methyl sites for hydroxylation is 1. The smallest absolute Gasteiger partial charge is 0.259 e. The first kappa shape index (κ1) is 19.3. The zero-order chi connectivity index (χ0) is 20.1. The highest BCUT2D eigenvalue weighted by Crippen LogP contribution is 2.21. The molecule has 1 amide bonds. The second-order valence-electron chi connectivity index (χ2n) is 6.24. The third-order valence-corrected chi connectivity index (χ3v) is 4.27. The molecule has 2 aromatic carbocycles. The summed E-state index contributed by atoms with van der Waals surface area (Å²) in [5.41, 5.74) is 5.48. The maximum atomic E-state index is 14.1. The highest BCUT2D eigenvalue weighted by Gasteiger charge is 2.12. The minimum Gasteiger partial charge on any atom is -0.374 e. The van der Waals surface area contributed by atoms with E-state index in [1.54, 1.807) is 41.0 Å². The molecule has 7 heteroatoms. The number of hydrogen-bond donors (Lipinski definition) is 2. The number of amides is 1. The van der Waals surface area contributed by atoms with Gasteiger partial charge in [-0.15, -0.1) is 0 Å². The number of hydrazone groups is 1. The predicted molar refractivity (Wildman–Crippen MR) is 106 cm³/mol. The van der Waals surface area contributed by atoms with Gasteiger partial charge in [0.05, 0.1) is 24.1 Å². The quantitative estimate of drug-likeness (QED) is 0.501. The standard InChI is InChI=1S/C21H20F2N4O/c1-14-11-16(15(2)27(14)20-10-6-4-8-18(20)23)12-25-26-21(28)13-24-19-9-5-3-7-17(19)22/h3-12,24H,13H2,1-2H3,(H,26,28). The van der Waals surface area contributed by atoms with Crippen molar-refractivity contribution in [1.82, 2.24) is 9.99 Å². The number of halogens is 2. The maximum absolute atomic E-state index is 14.1. The van der Waals surface area contributed by atoms with E-state index < -0.39 is 11.7 Å². The molecule has 0 saturated carbocycles. The number of carbonyl (C=O) groups excluding carboxylic acids is 1. The molecule has 0 aliphatic heterocycles. The Labute approximate surface area is 161 Å². The SMILES string of the molecule is Cc1cc(C=NNC(=O)CNc2ccccc2F)c(C)n1-c1ccccc1F. The summed E-state index contributed by atoms with van der Waals surface area (Å²) in [5, 5.41) is 6.65. The van der Waals surface area contributed by atoms with Gasteiger partial charge in [0.2, 0.25) is 0 Å². The Morgan fingerprint density at radius 3 is 2.46 bits per heavy atom. The number of para-hydroxylation sites is 2. The molecule has 0 unspecified atom stereocenters. The first-order chi connectivity index (χ1) is 13.5. The largest absolute Gasteiger partial charge is 0.374 e. The second-order valence-corrected chi connectivity index (χ2v) is 6.24. The Bertz CT molecular complexity index is 1030. The summed E-state index contributed by atoms with van der Waals surface area (Å²) in [7, 11) is 0. The van der Waals surface area contributed by atoms with Crippen LogP contribution >= 0.6 is 0 Å². The van der Waals surface area contributed by atoms with Crippen LogP contribution in [0.1, 0.15) is 17.0 Å². The molecular weight excluding hydrogens is 362 g/mol. The molecule has 0 aliphatic rings. The zero-order valence-electron chi connectivity index (χ0n) is 15.5. The fraction of sp³-hybridized carbons (Fsp3) is 0.143. The van der Waals surface area contributed by atoms with Gasteiger partial charge in [-0.05, 0) is 44.2 Å². The number of rotatable bonds is 6. The van der Waals surface area contributed by atoms with E-state index in [1.165, 1.54) is 18.3 Å². The number of aromatic nitrogens is 1. The van der Waals surface area contributed by atoms with Gasteiger partial charge in [0, 0.05) is 17.0 Å². The summed E-state index contributed by atoms with van der Waals surface area (Å²) < 4.78 is 29.4. The van der Waals surface area contributed by atoms with Crippen molar-refractivity contribution < 1.29 is 13.6 Å². The molecule has 0 atom stereocenters. The normalized spacial score (nSPS) is 11.0. The average Bonchev–Trinajstić information content (AvgIpc) is 2.95. The van der Waals surface area contributed by atoms with Crippen LogP contribution in [0.25, 0.3) is 5.69 Å². The molecular formula is C21H20F2N4O. The third-order valence-electron chi connectivity index (χ3n) is 4.27. The topological polar surface area (TPSA) is 58.4 Å². The summed E-state index contributed by atoms with van der Waals surface area (Å²) in [5.74, 6) is -1.16. The lowest BCUT2D eigenvalue weighted by Gasteiger charge is -2.10. The predicted octanol–water partition coefficient (Wildman–Crippen LogP) is 3.93. The molecule has 0 spiro atoms. The molecule has 0 bridgehead atoms. The van der Waals surface area contributed by atoms with Crippen molar-refractivity contribution in [3.63, 3.8) is 0 Å². The highest BCUT2D eigenvalue weighted by molar-refractivity contribution is 5.85. The van der Waals surface area contributed by atoms with Gasteiger partial charge in [0.25, 0.3) is 5.91 Å². The Balaban J connectivity index is 1.65. The van der Waals surface area contributed by atoms with Gasteiger partial charge in [-0.3, -0.25) is 4.79 Å². The Kier molecular flexibility index (Phi) is 5.84. The average molecular weight is 382 g/mol. The maximum Gasteiger partial charge on any atom is 0.259 e. The van der Waals surface area contributed by atoms with Crippen molar-refractivity contribution in [2.24, 2.45) is 5.10 Å². The highest BCUT2D eigenvalue weighted by atomic mass is 19.1. The minimum atomic E-state index is -0.431. The summed E-state index contributed by atoms with van der Waals surface area (Å²) >= 11 is 0. The van der Waals surface area contributed by atoms with Crippen LogP contribution < -0.4 is 10.7 Å². The number of hydrogen-bond acceptors (Lipinski definition) is 3. The molecule has 1 aromatic heterocycles. The number of carbonyl (C=O) groups is 1. The molecule has 2 N–H and O–H groups in total. The van der Waals surface area contributed by atoms with Crippen molar-refractivity contribution in [2.75, 3.05) is 11.9 Å². The van der Waals surface area contributed by atoms with Crippen molar-refractivity contribution in [1.29, 1.82) is 0 Å². The third kappa shape index (κ3) is 4.25. The summed E-state index contributed by atoms with van der Waals surface area (Å²) in [6.45, 7) is 3.60.